The van der Waals surface area contributed by atoms with Crippen LogP contribution in [0.2, 0.25) is 32.2 Å². The van der Waals surface area contributed by atoms with Gasteiger partial charge in [0, 0.05) is 13.0 Å². The second kappa shape index (κ2) is 30.7. The fourth-order valence-electron chi connectivity index (χ4n) is 6.98. The van der Waals surface area contributed by atoms with Gasteiger partial charge in [-0.3, -0.25) is 0 Å². The number of hydrogen-bond donors (Lipinski definition) is 2. The molecule has 0 heterocycles. The largest absolute Gasteiger partial charge is 0.433 e. The summed E-state index contributed by atoms with van der Waals surface area (Å²) in [6.45, 7) is 19.2. The molecular weight excluding hydrogens is 693 g/mol. The number of hydrogen-bond acceptors (Lipinski definition) is 6. The summed E-state index contributed by atoms with van der Waals surface area (Å²) < 4.78 is 26.3. The summed E-state index contributed by atoms with van der Waals surface area (Å²) >= 11 is 0.957. The number of rotatable bonds is 38. The summed E-state index contributed by atoms with van der Waals surface area (Å²) in [5.41, 5.74) is 0. The first kappa shape index (κ1) is 51.5. The Hall–Kier alpha value is 0.464. The number of thiol groups is 1. The van der Waals surface area contributed by atoms with Crippen molar-refractivity contribution in [2.75, 3.05) is 86.6 Å². The molecule has 0 aromatic carbocycles. The Bertz CT molecular complexity index is 794. The Morgan fingerprint density at radius 3 is 1.37 bits per heavy atom. The highest BCUT2D eigenvalue weighted by atomic mass is 32.2. The van der Waals surface area contributed by atoms with Crippen molar-refractivity contribution >= 4 is 28.9 Å². The van der Waals surface area contributed by atoms with Crippen LogP contribution in [0.1, 0.15) is 129 Å². The van der Waals surface area contributed by atoms with Gasteiger partial charge in [0.25, 0.3) is 0 Å². The minimum Gasteiger partial charge on any atom is -0.433 e. The molecule has 0 rings (SSSR count). The fourth-order valence-corrected chi connectivity index (χ4v) is 16.1. The Kier molecular flexibility index (Phi) is 30.9. The second-order valence-electron chi connectivity index (χ2n) is 17.8. The van der Waals surface area contributed by atoms with E-state index in [1.165, 1.54) is 103 Å². The maximum absolute atomic E-state index is 10.6. The molecule has 2 atom stereocenters. The minimum atomic E-state index is -2.23. The third-order valence-electron chi connectivity index (χ3n) is 9.68. The molecule has 2 unspecified atom stereocenters. The predicted octanol–water partition coefficient (Wildman–Crippen LogP) is 8.63. The summed E-state index contributed by atoms with van der Waals surface area (Å²) in [7, 11) is 4.78. The van der Waals surface area contributed by atoms with Crippen molar-refractivity contribution < 1.29 is 36.6 Å². The zero-order chi connectivity index (χ0) is 38.5. The Morgan fingerprint density at radius 1 is 0.549 bits per heavy atom. The van der Waals surface area contributed by atoms with Gasteiger partial charge >= 0.3 is 8.56 Å². The van der Waals surface area contributed by atoms with Crippen LogP contribution in [0.3, 0.4) is 0 Å². The lowest BCUT2D eigenvalue weighted by Gasteiger charge is -2.32. The molecule has 0 fully saturated rings. The molecule has 0 amide bonds. The van der Waals surface area contributed by atoms with Crippen LogP contribution in [0.15, 0.2) is 0 Å². The van der Waals surface area contributed by atoms with Crippen molar-refractivity contribution in [2.24, 2.45) is 0 Å². The van der Waals surface area contributed by atoms with Crippen molar-refractivity contribution in [1.29, 1.82) is 0 Å². The van der Waals surface area contributed by atoms with Gasteiger partial charge < -0.3 is 32.8 Å². The van der Waals surface area contributed by atoms with Gasteiger partial charge in [-0.1, -0.05) is 90.9 Å². The summed E-state index contributed by atoms with van der Waals surface area (Å²) in [6, 6.07) is 1.02. The SMILES string of the molecule is CCCCCCCCCC[N+](C)(C)CC(O)COCCC[SH+]O[Si](C)(C)O[Si](C)(C)CCCOCC(O)C[N+](C)(C)CCCCCCCCCC. The minimum absolute atomic E-state index is 0.402. The van der Waals surface area contributed by atoms with Crippen molar-refractivity contribution in [1.82, 2.24) is 0 Å². The molecule has 0 aliphatic heterocycles. The molecule has 51 heavy (non-hydrogen) atoms. The van der Waals surface area contributed by atoms with Crippen LogP contribution in [0.4, 0.5) is 0 Å². The number of nitrogens with zero attached hydrogens (tertiary/aromatic N) is 2. The van der Waals surface area contributed by atoms with Crippen molar-refractivity contribution in [2.45, 2.75) is 174 Å². The van der Waals surface area contributed by atoms with E-state index in [-0.39, 0.29) is 0 Å². The summed E-state index contributed by atoms with van der Waals surface area (Å²) in [6.07, 6.45) is 22.3. The number of aliphatic hydroxyl groups excluding tert-OH is 2. The van der Waals surface area contributed by atoms with E-state index < -0.39 is 29.1 Å². The molecule has 11 heteroatoms. The average Bonchev–Trinajstić information content (AvgIpc) is 3.01. The van der Waals surface area contributed by atoms with Crippen LogP contribution < -0.4 is 0 Å². The Labute approximate surface area is 324 Å². The number of unbranched alkanes of at least 4 members (excludes halogenated alkanes) is 14. The van der Waals surface area contributed by atoms with Crippen LogP contribution in [0.5, 0.6) is 0 Å². The molecule has 0 saturated heterocycles. The van der Waals surface area contributed by atoms with Crippen LogP contribution >= 0.6 is 0 Å². The maximum atomic E-state index is 10.6. The fraction of sp³-hybridized carbons (Fsp3) is 1.00. The molecule has 308 valence electrons. The highest BCUT2D eigenvalue weighted by Crippen LogP contribution is 2.21. The lowest BCUT2D eigenvalue weighted by Crippen LogP contribution is -2.47. The van der Waals surface area contributed by atoms with E-state index in [4.69, 9.17) is 17.5 Å². The number of ether oxygens (including phenoxy) is 2. The summed E-state index contributed by atoms with van der Waals surface area (Å²) in [5.74, 6) is 0.905. The topological polar surface area (TPSA) is 77.4 Å². The molecular formula is C40H91N2O6SSi2+3. The average molecular weight is 784 g/mol. The predicted molar refractivity (Wildman–Crippen MR) is 227 cm³/mol. The molecule has 0 aromatic heterocycles. The van der Waals surface area contributed by atoms with E-state index >= 15 is 0 Å². The van der Waals surface area contributed by atoms with Gasteiger partial charge in [0.1, 0.15) is 43.1 Å². The third-order valence-corrected chi connectivity index (χ3v) is 18.2. The molecule has 8 nitrogen and oxygen atoms in total. The maximum Gasteiger partial charge on any atom is 0.388 e. The number of likely N-dealkylation sites (N-methyl/N-ethyl adjacent to an activating group) is 2. The third kappa shape index (κ3) is 34.7. The van der Waals surface area contributed by atoms with Gasteiger partial charge in [-0.25, -0.2) is 0 Å². The zero-order valence-electron chi connectivity index (χ0n) is 35.8. The van der Waals surface area contributed by atoms with E-state index in [2.05, 4.69) is 68.2 Å². The smallest absolute Gasteiger partial charge is 0.388 e. The van der Waals surface area contributed by atoms with E-state index in [0.29, 0.717) is 26.4 Å². The van der Waals surface area contributed by atoms with Gasteiger partial charge in [0.05, 0.1) is 61.1 Å². The monoisotopic (exact) mass is 784 g/mol. The van der Waals surface area contributed by atoms with Crippen molar-refractivity contribution in [3.63, 3.8) is 0 Å². The quantitative estimate of drug-likeness (QED) is 0.0215. The van der Waals surface area contributed by atoms with Gasteiger partial charge in [0.2, 0.25) is 0 Å². The van der Waals surface area contributed by atoms with Gasteiger partial charge in [-0.15, -0.1) is 0 Å². The van der Waals surface area contributed by atoms with Gasteiger partial charge in [-0.05, 0) is 64.3 Å². The standard InChI is InChI=1S/C40H90N2O6SSi2/c1-11-13-15-17-19-21-23-25-29-41(3,4)35-39(43)37-45-31-27-33-49-47-51(9,10)48-50(7,8)34-28-32-46-38-40(44)36-42(5,6)30-26-24-22-20-18-16-14-12-2/h39-40,43-44H,11-38H2,1-10H3/q+2/p+1. The first-order valence-corrected chi connectivity index (χ1v) is 28.2. The first-order chi connectivity index (χ1) is 24.0. The lowest BCUT2D eigenvalue weighted by molar-refractivity contribution is -0.893. The van der Waals surface area contributed by atoms with Crippen LogP contribution in [-0.4, -0.2) is 135 Å². The van der Waals surface area contributed by atoms with E-state index in [1.54, 1.807) is 0 Å². The van der Waals surface area contributed by atoms with Crippen LogP contribution in [0, 0.1) is 0 Å². The molecule has 0 aliphatic carbocycles. The van der Waals surface area contributed by atoms with E-state index in [0.717, 1.165) is 71.8 Å². The van der Waals surface area contributed by atoms with Crippen LogP contribution in [0.25, 0.3) is 0 Å². The number of quaternary nitrogens is 2. The highest BCUT2D eigenvalue weighted by Gasteiger charge is 2.38. The normalized spacial score (nSPS) is 14.4. The Morgan fingerprint density at radius 2 is 0.941 bits per heavy atom. The van der Waals surface area contributed by atoms with E-state index in [9.17, 15) is 10.2 Å². The molecule has 0 aromatic rings. The molecule has 0 bridgehead atoms. The number of aliphatic hydroxyl groups is 2. The molecule has 0 saturated carbocycles. The molecule has 0 aliphatic rings. The highest BCUT2D eigenvalue weighted by molar-refractivity contribution is 7.74. The molecule has 2 N–H and O–H groups in total. The molecule has 0 radical (unpaired) electrons. The summed E-state index contributed by atoms with van der Waals surface area (Å²) in [4.78, 5) is 0. The Balaban J connectivity index is 3.97. The van der Waals surface area contributed by atoms with Crippen LogP contribution in [-0.2, 0) is 29.5 Å². The lowest BCUT2D eigenvalue weighted by atomic mass is 10.1. The summed E-state index contributed by atoms with van der Waals surface area (Å²) in [5, 5.41) is 21.2. The molecule has 0 spiro atoms. The zero-order valence-corrected chi connectivity index (χ0v) is 38.7. The first-order valence-electron chi connectivity index (χ1n) is 21.2. The van der Waals surface area contributed by atoms with E-state index in [1.807, 2.05) is 0 Å². The second-order valence-corrected chi connectivity index (χ2v) is 26.8. The van der Waals surface area contributed by atoms with Gasteiger partial charge in [-0.2, -0.15) is 3.87 Å². The van der Waals surface area contributed by atoms with Crippen molar-refractivity contribution in [3.05, 3.63) is 0 Å². The van der Waals surface area contributed by atoms with Crippen molar-refractivity contribution in [3.8, 4) is 0 Å². The van der Waals surface area contributed by atoms with Gasteiger partial charge in [0.15, 0.2) is 8.32 Å².